The number of amides is 1. The summed E-state index contributed by atoms with van der Waals surface area (Å²) in [5, 5.41) is 0.665. The van der Waals surface area contributed by atoms with Crippen LogP contribution < -0.4 is 0 Å². The van der Waals surface area contributed by atoms with Crippen LogP contribution in [0.1, 0.15) is 43.9 Å². The molecule has 8 nitrogen and oxygen atoms in total. The molecule has 1 aliphatic rings. The van der Waals surface area contributed by atoms with Gasteiger partial charge in [-0.15, -0.1) is 0 Å². The Kier molecular flexibility index (Phi) is 6.38. The van der Waals surface area contributed by atoms with Crippen molar-refractivity contribution in [2.75, 3.05) is 19.3 Å². The van der Waals surface area contributed by atoms with Gasteiger partial charge in [0.1, 0.15) is 11.5 Å². The zero-order chi connectivity index (χ0) is 23.8. The Hall–Kier alpha value is -3.01. The van der Waals surface area contributed by atoms with Crippen LogP contribution in [0.2, 0.25) is 0 Å². The van der Waals surface area contributed by atoms with Crippen molar-refractivity contribution in [1.82, 2.24) is 19.4 Å². The molecule has 0 N–H and O–H groups in total. The van der Waals surface area contributed by atoms with Gasteiger partial charge >= 0.3 is 6.09 Å². The lowest BCUT2D eigenvalue weighted by Gasteiger charge is -2.32. The van der Waals surface area contributed by atoms with E-state index in [1.54, 1.807) is 34.0 Å². The molecular formula is C23H27FN4O4S. The Morgan fingerprint density at radius 1 is 1.21 bits per heavy atom. The van der Waals surface area contributed by atoms with Crippen molar-refractivity contribution < 1.29 is 22.3 Å². The number of carbonyl (C=O) groups excluding carboxylic acids is 1. The van der Waals surface area contributed by atoms with E-state index in [1.165, 1.54) is 12.3 Å². The van der Waals surface area contributed by atoms with Gasteiger partial charge in [-0.3, -0.25) is 4.98 Å². The molecular weight excluding hydrogens is 447 g/mol. The van der Waals surface area contributed by atoms with E-state index in [0.29, 0.717) is 24.1 Å². The first-order valence-corrected chi connectivity index (χ1v) is 12.8. The van der Waals surface area contributed by atoms with E-state index < -0.39 is 15.7 Å². The molecule has 3 aromatic heterocycles. The zero-order valence-electron chi connectivity index (χ0n) is 18.9. The van der Waals surface area contributed by atoms with Gasteiger partial charge in [-0.05, 0) is 56.4 Å². The maximum atomic E-state index is 14.9. The van der Waals surface area contributed by atoms with Crippen molar-refractivity contribution in [2.45, 2.75) is 50.2 Å². The summed E-state index contributed by atoms with van der Waals surface area (Å²) in [7, 11) is -3.35. The first-order valence-electron chi connectivity index (χ1n) is 10.9. The number of hydrogen-bond donors (Lipinski definition) is 0. The molecule has 3 aromatic rings. The predicted octanol–water partition coefficient (Wildman–Crippen LogP) is 3.75. The summed E-state index contributed by atoms with van der Waals surface area (Å²) in [6.07, 6.45) is 6.87. The van der Waals surface area contributed by atoms with Crippen molar-refractivity contribution in [3.05, 3.63) is 53.9 Å². The van der Waals surface area contributed by atoms with E-state index >= 15 is 0 Å². The molecule has 0 spiro atoms. The SMILES string of the molecule is CC(C)OC(=O)N1CCC(c2cnc(Cn3ccc4cc(S(C)(=O)=O)cnc43)c(F)c2)CC1. The third-order valence-corrected chi connectivity index (χ3v) is 6.90. The third kappa shape index (κ3) is 5.16. The van der Waals surface area contributed by atoms with Gasteiger partial charge in [0.15, 0.2) is 9.84 Å². The van der Waals surface area contributed by atoms with Crippen LogP contribution >= 0.6 is 0 Å². The number of piperidine rings is 1. The Labute approximate surface area is 192 Å². The molecule has 1 aliphatic heterocycles. The summed E-state index contributed by atoms with van der Waals surface area (Å²) in [6.45, 7) is 4.95. The molecule has 0 radical (unpaired) electrons. The van der Waals surface area contributed by atoms with Crippen LogP contribution in [0.25, 0.3) is 11.0 Å². The average molecular weight is 475 g/mol. The Morgan fingerprint density at radius 3 is 2.58 bits per heavy atom. The smallest absolute Gasteiger partial charge is 0.410 e. The molecule has 0 aliphatic carbocycles. The van der Waals surface area contributed by atoms with E-state index in [-0.39, 0.29) is 35.2 Å². The second kappa shape index (κ2) is 9.09. The minimum absolute atomic E-state index is 0.132. The molecule has 1 saturated heterocycles. The number of aromatic nitrogens is 3. The Morgan fingerprint density at radius 2 is 1.94 bits per heavy atom. The van der Waals surface area contributed by atoms with E-state index in [9.17, 15) is 17.6 Å². The first kappa shape index (κ1) is 23.2. The third-order valence-electron chi connectivity index (χ3n) is 5.82. The summed E-state index contributed by atoms with van der Waals surface area (Å²) < 4.78 is 45.4. The largest absolute Gasteiger partial charge is 0.447 e. The Balaban J connectivity index is 1.45. The van der Waals surface area contributed by atoms with Gasteiger partial charge in [0.25, 0.3) is 0 Å². The highest BCUT2D eigenvalue weighted by molar-refractivity contribution is 7.90. The highest BCUT2D eigenvalue weighted by Gasteiger charge is 2.26. The molecule has 176 valence electrons. The molecule has 0 atom stereocenters. The molecule has 0 saturated carbocycles. The highest BCUT2D eigenvalue weighted by atomic mass is 32.2. The fraction of sp³-hybridized carbons (Fsp3) is 0.435. The minimum Gasteiger partial charge on any atom is -0.447 e. The van der Waals surface area contributed by atoms with E-state index in [1.807, 2.05) is 13.8 Å². The molecule has 0 aromatic carbocycles. The normalized spacial score (nSPS) is 15.4. The molecule has 4 rings (SSSR count). The van der Waals surface area contributed by atoms with Crippen molar-refractivity contribution >= 4 is 27.0 Å². The van der Waals surface area contributed by atoms with Crippen LogP contribution in [-0.4, -0.2) is 59.4 Å². The number of sulfone groups is 1. The quantitative estimate of drug-likeness (QED) is 0.559. The maximum absolute atomic E-state index is 14.9. The van der Waals surface area contributed by atoms with Crippen molar-refractivity contribution in [1.29, 1.82) is 0 Å². The second-order valence-corrected chi connectivity index (χ2v) is 10.7. The summed E-state index contributed by atoms with van der Waals surface area (Å²) in [5.74, 6) is -0.267. The number of halogens is 1. The molecule has 4 heterocycles. The molecule has 0 bridgehead atoms. The monoisotopic (exact) mass is 474 g/mol. The summed E-state index contributed by atoms with van der Waals surface area (Å²) in [6, 6.07) is 4.84. The van der Waals surface area contributed by atoms with Gasteiger partial charge < -0.3 is 14.2 Å². The van der Waals surface area contributed by atoms with Crippen LogP contribution in [0.3, 0.4) is 0 Å². The Bertz CT molecular complexity index is 1280. The number of nitrogens with zero attached hydrogens (tertiary/aromatic N) is 4. The molecule has 1 fully saturated rings. The summed E-state index contributed by atoms with van der Waals surface area (Å²) in [4.78, 5) is 22.5. The molecule has 0 unspecified atom stereocenters. The maximum Gasteiger partial charge on any atom is 0.410 e. The fourth-order valence-corrected chi connectivity index (χ4v) is 4.63. The van der Waals surface area contributed by atoms with Crippen LogP contribution in [0.15, 0.2) is 41.7 Å². The van der Waals surface area contributed by atoms with E-state index in [0.717, 1.165) is 24.7 Å². The van der Waals surface area contributed by atoms with Gasteiger partial charge in [-0.1, -0.05) is 0 Å². The van der Waals surface area contributed by atoms with Crippen molar-refractivity contribution in [3.63, 3.8) is 0 Å². The number of fused-ring (bicyclic) bond motifs is 1. The van der Waals surface area contributed by atoms with Crippen LogP contribution in [0, 0.1) is 5.82 Å². The highest BCUT2D eigenvalue weighted by Crippen LogP contribution is 2.29. The average Bonchev–Trinajstić information content (AvgIpc) is 3.16. The fourth-order valence-electron chi connectivity index (χ4n) is 4.04. The molecule has 33 heavy (non-hydrogen) atoms. The van der Waals surface area contributed by atoms with Gasteiger partial charge in [0, 0.05) is 43.3 Å². The van der Waals surface area contributed by atoms with Crippen LogP contribution in [0.4, 0.5) is 9.18 Å². The van der Waals surface area contributed by atoms with Crippen LogP contribution in [-0.2, 0) is 21.1 Å². The standard InChI is InChI=1S/C23H27FN4O4S/c1-15(2)32-23(29)27-7-4-16(5-8-27)18-11-20(24)21(25-12-18)14-28-9-6-17-10-19(33(3,30)31)13-26-22(17)28/h6,9-13,15-16H,4-5,7-8,14H2,1-3H3. The topological polar surface area (TPSA) is 94.4 Å². The summed E-state index contributed by atoms with van der Waals surface area (Å²) in [5.41, 5.74) is 1.66. The number of carbonyl (C=O) groups is 1. The van der Waals surface area contributed by atoms with Gasteiger partial charge in [-0.2, -0.15) is 0 Å². The molecule has 10 heteroatoms. The van der Waals surface area contributed by atoms with Crippen molar-refractivity contribution in [2.24, 2.45) is 0 Å². The zero-order valence-corrected chi connectivity index (χ0v) is 19.7. The lowest BCUT2D eigenvalue weighted by atomic mass is 9.90. The second-order valence-electron chi connectivity index (χ2n) is 8.69. The minimum atomic E-state index is -3.35. The molecule has 1 amide bonds. The van der Waals surface area contributed by atoms with Crippen molar-refractivity contribution in [3.8, 4) is 0 Å². The van der Waals surface area contributed by atoms with Gasteiger partial charge in [0.05, 0.1) is 23.2 Å². The lowest BCUT2D eigenvalue weighted by molar-refractivity contribution is 0.0691. The number of rotatable bonds is 5. The number of hydrogen-bond acceptors (Lipinski definition) is 6. The summed E-state index contributed by atoms with van der Waals surface area (Å²) >= 11 is 0. The van der Waals surface area contributed by atoms with E-state index in [4.69, 9.17) is 4.74 Å². The van der Waals surface area contributed by atoms with E-state index in [2.05, 4.69) is 9.97 Å². The number of likely N-dealkylation sites (tertiary alicyclic amines) is 1. The predicted molar refractivity (Wildman–Crippen MR) is 121 cm³/mol. The van der Waals surface area contributed by atoms with Crippen LogP contribution in [0.5, 0.6) is 0 Å². The van der Waals surface area contributed by atoms with Gasteiger partial charge in [0.2, 0.25) is 0 Å². The number of pyridine rings is 2. The lowest BCUT2D eigenvalue weighted by Crippen LogP contribution is -2.39. The number of ether oxygens (including phenoxy) is 1. The van der Waals surface area contributed by atoms with Gasteiger partial charge in [-0.25, -0.2) is 22.6 Å². The first-order chi connectivity index (χ1) is 15.6.